The number of allylic oxidation sites excluding steroid dienone is 1. The van der Waals surface area contributed by atoms with Crippen LogP contribution in [0.3, 0.4) is 0 Å². The van der Waals surface area contributed by atoms with E-state index in [1.807, 2.05) is 13.8 Å². The van der Waals surface area contributed by atoms with Crippen molar-refractivity contribution >= 4 is 10.1 Å². The van der Waals surface area contributed by atoms with E-state index in [1.54, 1.807) is 24.3 Å². The number of hydrogen-bond acceptors (Lipinski definition) is 4. The Morgan fingerprint density at radius 3 is 2.62 bits per heavy atom. The highest BCUT2D eigenvalue weighted by Gasteiger charge is 2.51. The quantitative estimate of drug-likeness (QED) is 0.379. The minimum atomic E-state index is -3.72. The third kappa shape index (κ3) is 5.16. The van der Waals surface area contributed by atoms with Crippen LogP contribution in [0.5, 0.6) is 0 Å². The first kappa shape index (κ1) is 19.2. The zero-order chi connectivity index (χ0) is 17.8. The topological polar surface area (TPSA) is 55.9 Å². The summed E-state index contributed by atoms with van der Waals surface area (Å²) in [7, 11) is -3.72. The Kier molecular flexibility index (Phi) is 6.23. The van der Waals surface area contributed by atoms with Gasteiger partial charge in [0.25, 0.3) is 10.1 Å². The van der Waals surface area contributed by atoms with Gasteiger partial charge in [0.05, 0.1) is 17.1 Å². The molecule has 0 N–H and O–H groups in total. The van der Waals surface area contributed by atoms with Crippen LogP contribution in [-0.4, -0.2) is 26.7 Å². The molecule has 0 amide bonds. The molecular formula is C19H28O4S. The largest absolute Gasteiger partial charge is 0.363 e. The molecule has 0 unspecified atom stereocenters. The van der Waals surface area contributed by atoms with Gasteiger partial charge in [0.2, 0.25) is 0 Å². The molecule has 0 saturated carbocycles. The molecule has 1 aliphatic heterocycles. The van der Waals surface area contributed by atoms with Gasteiger partial charge in [-0.05, 0) is 44.7 Å². The lowest BCUT2D eigenvalue weighted by Crippen LogP contribution is -2.17. The van der Waals surface area contributed by atoms with E-state index in [9.17, 15) is 8.42 Å². The van der Waals surface area contributed by atoms with Gasteiger partial charge in [0.15, 0.2) is 0 Å². The zero-order valence-corrected chi connectivity index (χ0v) is 15.8. The maximum absolute atomic E-state index is 12.2. The molecule has 3 atom stereocenters. The highest BCUT2D eigenvalue weighted by atomic mass is 32.2. The molecule has 0 bridgehead atoms. The molecule has 24 heavy (non-hydrogen) atoms. The van der Waals surface area contributed by atoms with Crippen molar-refractivity contribution in [3.05, 3.63) is 42.0 Å². The van der Waals surface area contributed by atoms with Crippen LogP contribution in [0.4, 0.5) is 0 Å². The number of aryl methyl sites for hydroxylation is 1. The minimum Gasteiger partial charge on any atom is -0.363 e. The average molecular weight is 352 g/mol. The molecule has 4 nitrogen and oxygen atoms in total. The molecule has 1 fully saturated rings. The summed E-state index contributed by atoms with van der Waals surface area (Å²) in [4.78, 5) is 0.184. The number of rotatable bonds is 9. The van der Waals surface area contributed by atoms with E-state index in [0.717, 1.165) is 12.0 Å². The molecule has 0 radical (unpaired) electrons. The van der Waals surface area contributed by atoms with Crippen molar-refractivity contribution < 1.29 is 17.3 Å². The van der Waals surface area contributed by atoms with Crippen molar-refractivity contribution in [1.82, 2.24) is 0 Å². The summed E-state index contributed by atoms with van der Waals surface area (Å²) in [6.45, 7) is 8.34. The van der Waals surface area contributed by atoms with Crippen LogP contribution in [0.15, 0.2) is 41.3 Å². The van der Waals surface area contributed by atoms with Gasteiger partial charge in [-0.3, -0.25) is 4.18 Å². The Morgan fingerprint density at radius 1 is 1.33 bits per heavy atom. The summed E-state index contributed by atoms with van der Waals surface area (Å²) in [6, 6.07) is 6.65. The Bertz CT molecular complexity index is 663. The van der Waals surface area contributed by atoms with Crippen molar-refractivity contribution in [3.63, 3.8) is 0 Å². The highest BCUT2D eigenvalue weighted by Crippen LogP contribution is 2.40. The molecule has 2 rings (SSSR count). The van der Waals surface area contributed by atoms with Gasteiger partial charge in [-0.2, -0.15) is 8.42 Å². The Labute approximate surface area is 146 Å². The summed E-state index contributed by atoms with van der Waals surface area (Å²) in [5.74, 6) is 0.564. The third-order valence-electron chi connectivity index (χ3n) is 4.45. The second-order valence-electron chi connectivity index (χ2n) is 6.87. The second kappa shape index (κ2) is 7.81. The van der Waals surface area contributed by atoms with Crippen LogP contribution in [0.2, 0.25) is 0 Å². The van der Waals surface area contributed by atoms with Crippen LogP contribution >= 0.6 is 0 Å². The van der Waals surface area contributed by atoms with E-state index in [0.29, 0.717) is 5.92 Å². The predicted molar refractivity (Wildman–Crippen MR) is 95.4 cm³/mol. The summed E-state index contributed by atoms with van der Waals surface area (Å²) < 4.78 is 35.2. The summed E-state index contributed by atoms with van der Waals surface area (Å²) in [6.07, 6.45) is 7.29. The van der Waals surface area contributed by atoms with Crippen molar-refractivity contribution in [3.8, 4) is 0 Å². The first-order valence-electron chi connectivity index (χ1n) is 8.57. The summed E-state index contributed by atoms with van der Waals surface area (Å²) in [5.41, 5.74) is 0.696. The third-order valence-corrected chi connectivity index (χ3v) is 5.75. The Hall–Kier alpha value is -1.17. The number of hydrogen-bond donors (Lipinski definition) is 0. The second-order valence-corrected chi connectivity index (χ2v) is 8.48. The lowest BCUT2D eigenvalue weighted by Gasteiger charge is -2.07. The molecule has 1 aliphatic rings. The van der Waals surface area contributed by atoms with E-state index in [-0.39, 0.29) is 23.2 Å². The first-order chi connectivity index (χ1) is 11.3. The first-order valence-corrected chi connectivity index (χ1v) is 9.98. The number of ether oxygens (including phenoxy) is 1. The zero-order valence-electron chi connectivity index (χ0n) is 15.0. The molecule has 0 spiro atoms. The summed E-state index contributed by atoms with van der Waals surface area (Å²) >= 11 is 0. The molecule has 1 aromatic rings. The van der Waals surface area contributed by atoms with Gasteiger partial charge in [0.1, 0.15) is 6.10 Å². The van der Waals surface area contributed by atoms with Crippen molar-refractivity contribution in [2.24, 2.45) is 5.92 Å². The van der Waals surface area contributed by atoms with Crippen LogP contribution in [0.1, 0.15) is 45.6 Å². The van der Waals surface area contributed by atoms with Gasteiger partial charge in [-0.25, -0.2) is 0 Å². The van der Waals surface area contributed by atoms with E-state index >= 15 is 0 Å². The average Bonchev–Trinajstić information content (AvgIpc) is 3.16. The molecule has 134 valence electrons. The minimum absolute atomic E-state index is 0.0606. The fourth-order valence-corrected chi connectivity index (χ4v) is 3.60. The van der Waals surface area contributed by atoms with Gasteiger partial charge in [-0.15, -0.1) is 0 Å². The Morgan fingerprint density at radius 2 is 2.00 bits per heavy atom. The number of benzene rings is 1. The van der Waals surface area contributed by atoms with Crippen LogP contribution in [0, 0.1) is 12.8 Å². The number of epoxide rings is 1. The van der Waals surface area contributed by atoms with Crippen molar-refractivity contribution in [1.29, 1.82) is 0 Å². The molecule has 1 heterocycles. The van der Waals surface area contributed by atoms with E-state index in [2.05, 4.69) is 26.0 Å². The smallest absolute Gasteiger partial charge is 0.297 e. The van der Waals surface area contributed by atoms with Crippen LogP contribution in [0.25, 0.3) is 0 Å². The predicted octanol–water partition coefficient (Wildman–Crippen LogP) is 4.24. The molecule has 0 aliphatic carbocycles. The van der Waals surface area contributed by atoms with Crippen molar-refractivity contribution in [2.75, 3.05) is 6.61 Å². The molecule has 1 aromatic carbocycles. The molecule has 0 aromatic heterocycles. The molecule has 5 heteroatoms. The summed E-state index contributed by atoms with van der Waals surface area (Å²) in [5, 5.41) is 0. The fraction of sp³-hybridized carbons (Fsp3) is 0.579. The maximum atomic E-state index is 12.2. The van der Waals surface area contributed by atoms with E-state index < -0.39 is 10.1 Å². The van der Waals surface area contributed by atoms with Gasteiger partial charge in [0, 0.05) is 0 Å². The van der Waals surface area contributed by atoms with E-state index in [1.165, 1.54) is 12.8 Å². The SMILES string of the molecule is CCC[C@@H](C)/C=C/C[C@@]1(C)O[C@@H]1COS(=O)(=O)c1ccc(C)cc1. The standard InChI is InChI=1S/C19H28O4S/c1-5-7-15(2)8-6-13-19(4)18(23-19)14-22-24(20,21)17-11-9-16(3)10-12-17/h6,8-12,15,18H,5,7,13-14H2,1-4H3/b8-6+/t15-,18-,19-/m1/s1. The van der Waals surface area contributed by atoms with Crippen LogP contribution in [-0.2, 0) is 19.0 Å². The fourth-order valence-electron chi connectivity index (χ4n) is 2.69. The maximum Gasteiger partial charge on any atom is 0.297 e. The van der Waals surface area contributed by atoms with Crippen LogP contribution < -0.4 is 0 Å². The van der Waals surface area contributed by atoms with Gasteiger partial charge >= 0.3 is 0 Å². The highest BCUT2D eigenvalue weighted by molar-refractivity contribution is 7.86. The van der Waals surface area contributed by atoms with Gasteiger partial charge < -0.3 is 4.74 Å². The lowest BCUT2D eigenvalue weighted by molar-refractivity contribution is 0.255. The lowest BCUT2D eigenvalue weighted by atomic mass is 10.0. The normalized spacial score (nSPS) is 25.1. The Balaban J connectivity index is 1.82. The molecule has 1 saturated heterocycles. The molecular weight excluding hydrogens is 324 g/mol. The monoisotopic (exact) mass is 352 g/mol. The van der Waals surface area contributed by atoms with Gasteiger partial charge in [-0.1, -0.05) is 50.1 Å². The van der Waals surface area contributed by atoms with E-state index in [4.69, 9.17) is 8.92 Å². The van der Waals surface area contributed by atoms with Crippen molar-refractivity contribution in [2.45, 2.75) is 63.6 Å².